The first kappa shape index (κ1) is 11.9. The highest BCUT2D eigenvalue weighted by molar-refractivity contribution is 5.74. The molecule has 0 heterocycles. The van der Waals surface area contributed by atoms with Crippen molar-refractivity contribution in [3.63, 3.8) is 0 Å². The second kappa shape index (κ2) is 4.73. The number of hydrogen-bond acceptors (Lipinski definition) is 2. The van der Waals surface area contributed by atoms with Gasteiger partial charge in [-0.05, 0) is 36.6 Å². The Kier molecular flexibility index (Phi) is 3.13. The van der Waals surface area contributed by atoms with Crippen molar-refractivity contribution >= 4 is 0 Å². The standard InChI is InChI=1S/C16H12N2/c1-11-6-7-13(8-12(11)2)15-5-3-4-14(9-17)16(15)10-18/h3-8H,1-2H3. The van der Waals surface area contributed by atoms with Gasteiger partial charge in [0.15, 0.2) is 0 Å². The molecule has 0 amide bonds. The minimum Gasteiger partial charge on any atom is -0.192 e. The Hall–Kier alpha value is -2.58. The summed E-state index contributed by atoms with van der Waals surface area (Å²) in [5.41, 5.74) is 5.07. The Balaban J connectivity index is 2.69. The second-order valence-corrected chi connectivity index (χ2v) is 4.25. The second-order valence-electron chi connectivity index (χ2n) is 4.25. The first-order valence-electron chi connectivity index (χ1n) is 5.68. The SMILES string of the molecule is Cc1ccc(-c2cccc(C#N)c2C#N)cc1C. The number of hydrogen-bond donors (Lipinski definition) is 0. The van der Waals surface area contributed by atoms with Gasteiger partial charge in [0.2, 0.25) is 0 Å². The molecule has 0 saturated carbocycles. The van der Waals surface area contributed by atoms with Gasteiger partial charge in [-0.3, -0.25) is 0 Å². The van der Waals surface area contributed by atoms with Crippen molar-refractivity contribution in [1.82, 2.24) is 0 Å². The largest absolute Gasteiger partial charge is 0.192 e. The molecule has 0 spiro atoms. The Morgan fingerprint density at radius 1 is 0.889 bits per heavy atom. The van der Waals surface area contributed by atoms with Crippen LogP contribution in [0.25, 0.3) is 11.1 Å². The molecule has 2 nitrogen and oxygen atoms in total. The van der Waals surface area contributed by atoms with Crippen molar-refractivity contribution in [1.29, 1.82) is 10.5 Å². The van der Waals surface area contributed by atoms with Crippen LogP contribution in [0, 0.1) is 36.5 Å². The van der Waals surface area contributed by atoms with Crippen molar-refractivity contribution in [2.45, 2.75) is 13.8 Å². The number of benzene rings is 2. The summed E-state index contributed by atoms with van der Waals surface area (Å²) in [6, 6.07) is 15.6. The number of aryl methyl sites for hydroxylation is 2. The van der Waals surface area contributed by atoms with E-state index in [1.165, 1.54) is 11.1 Å². The summed E-state index contributed by atoms with van der Waals surface area (Å²) in [5.74, 6) is 0. The molecule has 0 N–H and O–H groups in total. The van der Waals surface area contributed by atoms with Gasteiger partial charge in [0.1, 0.15) is 12.1 Å². The number of rotatable bonds is 1. The van der Waals surface area contributed by atoms with Crippen LogP contribution in [0.5, 0.6) is 0 Å². The van der Waals surface area contributed by atoms with E-state index in [-0.39, 0.29) is 0 Å². The van der Waals surface area contributed by atoms with E-state index in [0.717, 1.165) is 11.1 Å². The predicted molar refractivity (Wildman–Crippen MR) is 70.8 cm³/mol. The molecule has 0 radical (unpaired) electrons. The van der Waals surface area contributed by atoms with E-state index >= 15 is 0 Å². The van der Waals surface area contributed by atoms with Gasteiger partial charge < -0.3 is 0 Å². The average molecular weight is 232 g/mol. The Bertz CT molecular complexity index is 685. The number of nitrogens with zero attached hydrogens (tertiary/aromatic N) is 2. The zero-order valence-electron chi connectivity index (χ0n) is 10.4. The summed E-state index contributed by atoms with van der Waals surface area (Å²) in [6.07, 6.45) is 0. The van der Waals surface area contributed by atoms with E-state index in [1.807, 2.05) is 37.3 Å². The molecular weight excluding hydrogens is 220 g/mol. The maximum atomic E-state index is 9.21. The highest BCUT2D eigenvalue weighted by atomic mass is 14.3. The third-order valence-corrected chi connectivity index (χ3v) is 3.11. The Morgan fingerprint density at radius 3 is 2.28 bits per heavy atom. The van der Waals surface area contributed by atoms with Gasteiger partial charge in [0.25, 0.3) is 0 Å². The third-order valence-electron chi connectivity index (χ3n) is 3.11. The van der Waals surface area contributed by atoms with E-state index in [2.05, 4.69) is 19.1 Å². The normalized spacial score (nSPS) is 9.56. The first-order chi connectivity index (χ1) is 8.67. The lowest BCUT2D eigenvalue weighted by atomic mass is 9.94. The molecule has 2 aromatic carbocycles. The lowest BCUT2D eigenvalue weighted by Crippen LogP contribution is -1.90. The Labute approximate surface area is 107 Å². The fourth-order valence-corrected chi connectivity index (χ4v) is 1.92. The zero-order valence-corrected chi connectivity index (χ0v) is 10.4. The summed E-state index contributed by atoms with van der Waals surface area (Å²) < 4.78 is 0. The van der Waals surface area contributed by atoms with Crippen LogP contribution in [0.15, 0.2) is 36.4 Å². The summed E-state index contributed by atoms with van der Waals surface area (Å²) in [7, 11) is 0. The van der Waals surface area contributed by atoms with Gasteiger partial charge in [0, 0.05) is 5.56 Å². The van der Waals surface area contributed by atoms with Crippen LogP contribution in [0.3, 0.4) is 0 Å². The van der Waals surface area contributed by atoms with Crippen molar-refractivity contribution in [3.8, 4) is 23.3 Å². The molecular formula is C16H12N2. The van der Waals surface area contributed by atoms with Crippen LogP contribution in [0.2, 0.25) is 0 Å². The molecule has 2 rings (SSSR count). The first-order valence-corrected chi connectivity index (χ1v) is 5.68. The lowest BCUT2D eigenvalue weighted by Gasteiger charge is -2.08. The van der Waals surface area contributed by atoms with Gasteiger partial charge in [-0.15, -0.1) is 0 Å². The van der Waals surface area contributed by atoms with Crippen LogP contribution in [-0.4, -0.2) is 0 Å². The van der Waals surface area contributed by atoms with Crippen LogP contribution in [0.4, 0.5) is 0 Å². The lowest BCUT2D eigenvalue weighted by molar-refractivity contribution is 1.34. The molecule has 18 heavy (non-hydrogen) atoms. The van der Waals surface area contributed by atoms with E-state index in [9.17, 15) is 5.26 Å². The van der Waals surface area contributed by atoms with Crippen LogP contribution >= 0.6 is 0 Å². The van der Waals surface area contributed by atoms with E-state index in [4.69, 9.17) is 5.26 Å². The van der Waals surface area contributed by atoms with Gasteiger partial charge in [0.05, 0.1) is 11.1 Å². The highest BCUT2D eigenvalue weighted by Gasteiger charge is 2.09. The van der Waals surface area contributed by atoms with E-state index in [1.54, 1.807) is 6.07 Å². The molecule has 2 heteroatoms. The van der Waals surface area contributed by atoms with Gasteiger partial charge in [-0.25, -0.2) is 0 Å². The van der Waals surface area contributed by atoms with Crippen molar-refractivity contribution in [3.05, 3.63) is 58.7 Å². The number of nitriles is 2. The molecule has 0 aliphatic carbocycles. The molecule has 0 saturated heterocycles. The maximum absolute atomic E-state index is 9.21. The molecule has 0 aliphatic heterocycles. The molecule has 0 bridgehead atoms. The average Bonchev–Trinajstić information content (AvgIpc) is 2.40. The smallest absolute Gasteiger partial charge is 0.101 e. The molecule has 0 fully saturated rings. The minimum absolute atomic E-state index is 0.424. The quantitative estimate of drug-likeness (QED) is 0.752. The molecule has 2 aromatic rings. The maximum Gasteiger partial charge on any atom is 0.101 e. The van der Waals surface area contributed by atoms with Crippen LogP contribution in [-0.2, 0) is 0 Å². The predicted octanol–water partition coefficient (Wildman–Crippen LogP) is 3.71. The van der Waals surface area contributed by atoms with Crippen LogP contribution < -0.4 is 0 Å². The van der Waals surface area contributed by atoms with E-state index in [0.29, 0.717) is 11.1 Å². The molecule has 0 atom stereocenters. The third kappa shape index (κ3) is 1.97. The van der Waals surface area contributed by atoms with Crippen LogP contribution in [0.1, 0.15) is 22.3 Å². The zero-order chi connectivity index (χ0) is 13.1. The molecule has 86 valence electrons. The highest BCUT2D eigenvalue weighted by Crippen LogP contribution is 2.27. The molecule has 0 unspecified atom stereocenters. The fraction of sp³-hybridized carbons (Fsp3) is 0.125. The Morgan fingerprint density at radius 2 is 1.67 bits per heavy atom. The van der Waals surface area contributed by atoms with Gasteiger partial charge in [-0.2, -0.15) is 10.5 Å². The minimum atomic E-state index is 0.424. The molecule has 0 aliphatic rings. The van der Waals surface area contributed by atoms with Gasteiger partial charge >= 0.3 is 0 Å². The summed E-state index contributed by atoms with van der Waals surface area (Å²) in [4.78, 5) is 0. The van der Waals surface area contributed by atoms with Crippen molar-refractivity contribution in [2.24, 2.45) is 0 Å². The summed E-state index contributed by atoms with van der Waals surface area (Å²) >= 11 is 0. The topological polar surface area (TPSA) is 47.6 Å². The van der Waals surface area contributed by atoms with E-state index < -0.39 is 0 Å². The summed E-state index contributed by atoms with van der Waals surface area (Å²) in [6.45, 7) is 4.09. The van der Waals surface area contributed by atoms with Crippen molar-refractivity contribution < 1.29 is 0 Å². The monoisotopic (exact) mass is 232 g/mol. The van der Waals surface area contributed by atoms with Gasteiger partial charge in [-0.1, -0.05) is 30.3 Å². The summed E-state index contributed by atoms with van der Waals surface area (Å²) in [5, 5.41) is 18.2. The molecule has 0 aromatic heterocycles. The fourth-order valence-electron chi connectivity index (χ4n) is 1.92. The van der Waals surface area contributed by atoms with Crippen molar-refractivity contribution in [2.75, 3.05) is 0 Å².